The average Bonchev–Trinajstić information content (AvgIpc) is 2.68. The number of hydrogen-bond acceptors (Lipinski definition) is 3. The molecule has 3 rings (SSSR count). The number of amides is 2. The van der Waals surface area contributed by atoms with Crippen LogP contribution >= 0.6 is 15.9 Å². The zero-order valence-electron chi connectivity index (χ0n) is 19.4. The zero-order chi connectivity index (χ0) is 23.5. The number of nitrogens with one attached hydrogen (secondary N) is 2. The van der Waals surface area contributed by atoms with Crippen LogP contribution < -0.4 is 15.4 Å². The predicted molar refractivity (Wildman–Crippen MR) is 136 cm³/mol. The minimum absolute atomic E-state index is 0.0677. The summed E-state index contributed by atoms with van der Waals surface area (Å²) in [6, 6.07) is 17.0. The van der Waals surface area contributed by atoms with E-state index in [1.807, 2.05) is 69.3 Å². The number of carbonyl (C=O) groups is 1. The van der Waals surface area contributed by atoms with Gasteiger partial charge in [-0.05, 0) is 78.0 Å². The maximum atomic E-state index is 12.8. The summed E-state index contributed by atoms with van der Waals surface area (Å²) < 4.78 is 6.62. The molecule has 0 radical (unpaired) electrons. The van der Waals surface area contributed by atoms with E-state index >= 15 is 0 Å². The molecule has 1 aromatic heterocycles. The fourth-order valence-corrected chi connectivity index (χ4v) is 3.67. The van der Waals surface area contributed by atoms with E-state index < -0.39 is 0 Å². The molecule has 5 nitrogen and oxygen atoms in total. The summed E-state index contributed by atoms with van der Waals surface area (Å²) in [5.41, 5.74) is 3.83. The molecule has 0 aliphatic rings. The highest BCUT2D eigenvalue weighted by Crippen LogP contribution is 2.36. The number of nitrogens with zero attached hydrogens (tertiary/aromatic N) is 1. The van der Waals surface area contributed by atoms with Crippen LogP contribution in [0, 0.1) is 0 Å². The molecule has 2 amide bonds. The summed E-state index contributed by atoms with van der Waals surface area (Å²) in [4.78, 5) is 17.4. The van der Waals surface area contributed by atoms with Gasteiger partial charge in [0.2, 0.25) is 0 Å². The molecule has 0 spiro atoms. The number of urea groups is 1. The second-order valence-electron chi connectivity index (χ2n) is 9.66. The second-order valence-corrected chi connectivity index (χ2v) is 10.6. The molecule has 32 heavy (non-hydrogen) atoms. The van der Waals surface area contributed by atoms with E-state index in [1.54, 1.807) is 6.20 Å². The van der Waals surface area contributed by atoms with E-state index in [2.05, 4.69) is 58.4 Å². The van der Waals surface area contributed by atoms with Crippen LogP contribution in [0.25, 0.3) is 11.3 Å². The summed E-state index contributed by atoms with van der Waals surface area (Å²) in [5.74, 6) is 0.751. The van der Waals surface area contributed by atoms with Gasteiger partial charge in [-0.15, -0.1) is 0 Å². The third-order valence-corrected chi connectivity index (χ3v) is 5.06. The third-order valence-electron chi connectivity index (χ3n) is 4.63. The van der Waals surface area contributed by atoms with Crippen LogP contribution in [0.4, 0.5) is 16.2 Å². The van der Waals surface area contributed by atoms with E-state index in [1.165, 1.54) is 0 Å². The van der Waals surface area contributed by atoms with Gasteiger partial charge >= 0.3 is 6.03 Å². The summed E-state index contributed by atoms with van der Waals surface area (Å²) in [5, 5.41) is 5.83. The van der Waals surface area contributed by atoms with E-state index in [0.29, 0.717) is 11.4 Å². The molecule has 0 fully saturated rings. The predicted octanol–water partition coefficient (Wildman–Crippen LogP) is 7.63. The van der Waals surface area contributed by atoms with Crippen LogP contribution in [0.5, 0.6) is 5.75 Å². The zero-order valence-corrected chi connectivity index (χ0v) is 21.0. The summed E-state index contributed by atoms with van der Waals surface area (Å²) >= 11 is 3.47. The normalized spacial score (nSPS) is 11.7. The van der Waals surface area contributed by atoms with Gasteiger partial charge in [0, 0.05) is 21.9 Å². The Bertz CT molecular complexity index is 1100. The van der Waals surface area contributed by atoms with E-state index in [4.69, 9.17) is 4.74 Å². The van der Waals surface area contributed by atoms with Gasteiger partial charge < -0.3 is 15.4 Å². The fraction of sp³-hybridized carbons (Fsp3) is 0.308. The van der Waals surface area contributed by atoms with E-state index in [9.17, 15) is 4.79 Å². The van der Waals surface area contributed by atoms with Crippen molar-refractivity contribution in [2.45, 2.75) is 52.6 Å². The number of ether oxygens (including phenoxy) is 1. The van der Waals surface area contributed by atoms with Crippen molar-refractivity contribution in [1.29, 1.82) is 0 Å². The highest BCUT2D eigenvalue weighted by molar-refractivity contribution is 9.10. The number of carbonyl (C=O) groups excluding carboxylic acids is 1. The molecule has 6 heteroatoms. The Morgan fingerprint density at radius 3 is 2.22 bits per heavy atom. The van der Waals surface area contributed by atoms with Crippen molar-refractivity contribution < 1.29 is 9.53 Å². The lowest BCUT2D eigenvalue weighted by atomic mass is 9.82. The topological polar surface area (TPSA) is 63.2 Å². The molecule has 0 atom stereocenters. The largest absolute Gasteiger partial charge is 0.488 e. The smallest absolute Gasteiger partial charge is 0.323 e. The number of benzene rings is 2. The second kappa shape index (κ2) is 9.33. The van der Waals surface area contributed by atoms with Crippen LogP contribution in [0.15, 0.2) is 65.3 Å². The molecule has 1 heterocycles. The van der Waals surface area contributed by atoms with Gasteiger partial charge in [-0.1, -0.05) is 45.0 Å². The van der Waals surface area contributed by atoms with Crippen molar-refractivity contribution in [3.8, 4) is 17.0 Å². The van der Waals surface area contributed by atoms with E-state index in [0.717, 1.165) is 27.0 Å². The Balaban J connectivity index is 1.83. The van der Waals surface area contributed by atoms with Crippen molar-refractivity contribution in [3.05, 3.63) is 70.8 Å². The summed E-state index contributed by atoms with van der Waals surface area (Å²) in [7, 11) is 0. The van der Waals surface area contributed by atoms with Crippen LogP contribution in [0.2, 0.25) is 0 Å². The Kier molecular flexibility index (Phi) is 6.94. The Labute approximate surface area is 198 Å². The first-order chi connectivity index (χ1) is 14.9. The lowest BCUT2D eigenvalue weighted by molar-refractivity contribution is 0.131. The maximum Gasteiger partial charge on any atom is 0.323 e. The molecule has 3 aromatic rings. The molecule has 168 valence electrons. The van der Waals surface area contributed by atoms with Crippen molar-refractivity contribution in [1.82, 2.24) is 4.98 Å². The first kappa shape index (κ1) is 23.8. The van der Waals surface area contributed by atoms with Gasteiger partial charge in [0.1, 0.15) is 11.4 Å². The molecule has 0 saturated heterocycles. The first-order valence-corrected chi connectivity index (χ1v) is 11.3. The molecule has 0 aliphatic heterocycles. The third kappa shape index (κ3) is 6.33. The van der Waals surface area contributed by atoms with Crippen LogP contribution in [0.3, 0.4) is 0 Å². The minimum Gasteiger partial charge on any atom is -0.488 e. The molecular weight excluding hydrogens is 466 g/mol. The number of anilines is 2. The van der Waals surface area contributed by atoms with Crippen LogP contribution in [0.1, 0.15) is 47.1 Å². The number of halogens is 1. The van der Waals surface area contributed by atoms with Gasteiger partial charge in [0.25, 0.3) is 0 Å². The Hall–Kier alpha value is -2.86. The van der Waals surface area contributed by atoms with Crippen molar-refractivity contribution in [2.24, 2.45) is 0 Å². The van der Waals surface area contributed by atoms with E-state index in [-0.39, 0.29) is 17.0 Å². The van der Waals surface area contributed by atoms with Gasteiger partial charge in [-0.3, -0.25) is 4.98 Å². The quantitative estimate of drug-likeness (QED) is 0.390. The fourth-order valence-electron chi connectivity index (χ4n) is 3.34. The Morgan fingerprint density at radius 1 is 0.938 bits per heavy atom. The average molecular weight is 496 g/mol. The lowest BCUT2D eigenvalue weighted by Crippen LogP contribution is -2.23. The molecule has 0 saturated carbocycles. The molecule has 0 unspecified atom stereocenters. The maximum absolute atomic E-state index is 12.8. The minimum atomic E-state index is -0.344. The number of pyridine rings is 1. The van der Waals surface area contributed by atoms with Crippen LogP contribution in [-0.2, 0) is 5.41 Å². The highest BCUT2D eigenvalue weighted by Gasteiger charge is 2.21. The van der Waals surface area contributed by atoms with Crippen molar-refractivity contribution in [2.75, 3.05) is 10.6 Å². The summed E-state index contributed by atoms with van der Waals surface area (Å²) in [6.45, 7) is 12.5. The number of aromatic nitrogens is 1. The highest BCUT2D eigenvalue weighted by atomic mass is 79.9. The van der Waals surface area contributed by atoms with Crippen LogP contribution in [-0.4, -0.2) is 16.6 Å². The molecule has 2 N–H and O–H groups in total. The van der Waals surface area contributed by atoms with Gasteiger partial charge in [0.15, 0.2) is 0 Å². The Morgan fingerprint density at radius 2 is 1.59 bits per heavy atom. The molecular formula is C26H30BrN3O2. The number of hydrogen-bond donors (Lipinski definition) is 2. The number of rotatable bonds is 4. The van der Waals surface area contributed by atoms with Crippen molar-refractivity contribution in [3.63, 3.8) is 0 Å². The summed E-state index contributed by atoms with van der Waals surface area (Å²) in [6.07, 6.45) is 1.74. The van der Waals surface area contributed by atoms with Gasteiger partial charge in [-0.25, -0.2) is 4.79 Å². The molecule has 0 aliphatic carbocycles. The monoisotopic (exact) mass is 495 g/mol. The van der Waals surface area contributed by atoms with Gasteiger partial charge in [-0.2, -0.15) is 0 Å². The standard InChI is InChI=1S/C26H30BrN3O2/c1-25(2,3)21-10-8-7-9-20(21)23-22(15-17(27)16-28-23)30-24(31)29-18-11-13-19(14-12-18)32-26(4,5)6/h7-16H,1-6H3,(H2,29,30,31). The molecule has 0 bridgehead atoms. The van der Waals surface area contributed by atoms with Crippen molar-refractivity contribution >= 4 is 33.3 Å². The van der Waals surface area contributed by atoms with Gasteiger partial charge in [0.05, 0.1) is 11.4 Å². The molecule has 2 aromatic carbocycles. The first-order valence-electron chi connectivity index (χ1n) is 10.5. The SMILES string of the molecule is CC(C)(C)Oc1ccc(NC(=O)Nc2cc(Br)cnc2-c2ccccc2C(C)(C)C)cc1. The lowest BCUT2D eigenvalue weighted by Gasteiger charge is -2.23.